The molecule has 1 rings (SSSR count). The fourth-order valence-corrected chi connectivity index (χ4v) is 7.99. The number of aliphatic imine (C=N–C) groups is 1. The van der Waals surface area contributed by atoms with Crippen molar-refractivity contribution in [1.29, 1.82) is 0 Å². The molecule has 0 spiro atoms. The van der Waals surface area contributed by atoms with Crippen molar-refractivity contribution in [3.63, 3.8) is 0 Å². The van der Waals surface area contributed by atoms with Crippen LogP contribution in [0.25, 0.3) is 0 Å². The van der Waals surface area contributed by atoms with E-state index in [4.69, 9.17) is 28.0 Å². The van der Waals surface area contributed by atoms with E-state index in [1.165, 1.54) is 11.8 Å². The van der Waals surface area contributed by atoms with Crippen LogP contribution in [-0.4, -0.2) is 188 Å². The summed E-state index contributed by atoms with van der Waals surface area (Å²) in [4.78, 5) is 174. The van der Waals surface area contributed by atoms with Gasteiger partial charge in [-0.05, 0) is 96.4 Å². The zero-order chi connectivity index (χ0) is 60.3. The molecule has 0 bridgehead atoms. The summed E-state index contributed by atoms with van der Waals surface area (Å²) in [6.07, 6.45) is -1.65. The lowest BCUT2D eigenvalue weighted by atomic mass is 10.0. The van der Waals surface area contributed by atoms with Gasteiger partial charge in [-0.25, -0.2) is 0 Å². The molecule has 10 atom stereocenters. The molecule has 1 aliphatic heterocycles. The molecule has 0 aromatic rings. The summed E-state index contributed by atoms with van der Waals surface area (Å²) in [5.41, 5.74) is 22.5. The van der Waals surface area contributed by atoms with Gasteiger partial charge in [-0.3, -0.25) is 67.3 Å². The Morgan fingerprint density at radius 3 is 1.56 bits per heavy atom. The lowest BCUT2D eigenvalue weighted by Crippen LogP contribution is -2.60. The minimum Gasteiger partial charge on any atom is -0.481 e. The van der Waals surface area contributed by atoms with Crippen LogP contribution in [0.5, 0.6) is 0 Å². The van der Waals surface area contributed by atoms with Crippen LogP contribution in [0, 0.1) is 11.8 Å². The second-order valence-corrected chi connectivity index (χ2v) is 20.0. The highest BCUT2D eigenvalue weighted by Gasteiger charge is 2.40. The molecule has 0 unspecified atom stereocenters. The highest BCUT2D eigenvalue weighted by atomic mass is 16.4. The molecule has 0 aliphatic carbocycles. The quantitative estimate of drug-likeness (QED) is 0.0158. The van der Waals surface area contributed by atoms with E-state index in [9.17, 15) is 77.6 Å². The Morgan fingerprint density at radius 2 is 1.04 bits per heavy atom. The lowest BCUT2D eigenvalue weighted by Gasteiger charge is -2.30. The van der Waals surface area contributed by atoms with Crippen molar-refractivity contribution in [2.45, 2.75) is 185 Å². The van der Waals surface area contributed by atoms with Crippen molar-refractivity contribution in [1.82, 2.24) is 47.4 Å². The Hall–Kier alpha value is -7.70. The van der Waals surface area contributed by atoms with Gasteiger partial charge in [-0.2, -0.15) is 0 Å². The van der Waals surface area contributed by atoms with Gasteiger partial charge in [-0.1, -0.05) is 27.7 Å². The molecule has 79 heavy (non-hydrogen) atoms. The van der Waals surface area contributed by atoms with Crippen LogP contribution in [0.1, 0.15) is 125 Å². The molecule has 1 saturated heterocycles. The van der Waals surface area contributed by atoms with Crippen LogP contribution in [0.2, 0.25) is 0 Å². The van der Waals surface area contributed by atoms with Crippen molar-refractivity contribution in [3.05, 3.63) is 0 Å². The molecule has 0 aromatic carbocycles. The number of carbonyl (C=O) groups is 13. The molecule has 0 radical (unpaired) electrons. The first kappa shape index (κ1) is 69.3. The smallest absolute Gasteiger partial charge is 0.325 e. The average Bonchev–Trinajstić information content (AvgIpc) is 3.85. The van der Waals surface area contributed by atoms with E-state index in [-0.39, 0.29) is 82.9 Å². The predicted octanol–water partition coefficient (Wildman–Crippen LogP) is -4.60. The topological polar surface area (TPSA) is 519 Å². The Kier molecular flexibility index (Phi) is 30.7. The highest BCUT2D eigenvalue weighted by Crippen LogP contribution is 2.20. The minimum atomic E-state index is -1.80. The van der Waals surface area contributed by atoms with E-state index >= 15 is 0 Å². The zero-order valence-corrected chi connectivity index (χ0v) is 45.5. The molecule has 0 aromatic heterocycles. The molecule has 20 N–H and O–H groups in total. The van der Waals surface area contributed by atoms with Crippen molar-refractivity contribution < 1.29 is 82.8 Å². The van der Waals surface area contributed by atoms with Crippen LogP contribution < -0.4 is 65.5 Å². The lowest BCUT2D eigenvalue weighted by molar-refractivity contribution is -0.143. The number of unbranched alkanes of at least 4 members (excludes halogenated alkanes) is 1. The summed E-state index contributed by atoms with van der Waals surface area (Å²) in [6.45, 7) is 9.26. The number of nitrogens with two attached hydrogens (primary N) is 4. The first-order valence-corrected chi connectivity index (χ1v) is 26.0. The largest absolute Gasteiger partial charge is 0.481 e. The monoisotopic (exact) mass is 1130 g/mol. The fourth-order valence-electron chi connectivity index (χ4n) is 7.99. The van der Waals surface area contributed by atoms with E-state index in [1.54, 1.807) is 27.7 Å². The van der Waals surface area contributed by atoms with E-state index in [0.29, 0.717) is 12.8 Å². The highest BCUT2D eigenvalue weighted by molar-refractivity contribution is 5.99. The average molecular weight is 1130 g/mol. The number of carboxylic acids is 4. The summed E-state index contributed by atoms with van der Waals surface area (Å²) in [5, 5.41) is 56.7. The third-order valence-electron chi connectivity index (χ3n) is 12.3. The number of carboxylic acid groups (broad SMARTS) is 4. The zero-order valence-electron chi connectivity index (χ0n) is 45.5. The summed E-state index contributed by atoms with van der Waals surface area (Å²) in [5.74, 6) is -14.9. The molecular formula is C48H82N14O17. The summed E-state index contributed by atoms with van der Waals surface area (Å²) in [7, 11) is 0. The molecule has 31 nitrogen and oxygen atoms in total. The number of aliphatic carboxylic acids is 4. The number of guanidine groups is 1. The van der Waals surface area contributed by atoms with Crippen LogP contribution >= 0.6 is 0 Å². The van der Waals surface area contributed by atoms with Crippen LogP contribution in [0.4, 0.5) is 0 Å². The van der Waals surface area contributed by atoms with Crippen LogP contribution in [0.15, 0.2) is 4.99 Å². The van der Waals surface area contributed by atoms with Gasteiger partial charge in [0.2, 0.25) is 53.2 Å². The Labute approximate surface area is 457 Å². The maximum Gasteiger partial charge on any atom is 0.325 e. The number of likely N-dealkylation sites (tertiary alicyclic amines) is 1. The van der Waals surface area contributed by atoms with Crippen molar-refractivity contribution in [3.8, 4) is 0 Å². The summed E-state index contributed by atoms with van der Waals surface area (Å²) in [6, 6.07) is -14.2. The molecule has 1 fully saturated rings. The number of rotatable bonds is 37. The van der Waals surface area contributed by atoms with Crippen molar-refractivity contribution in [2.75, 3.05) is 19.6 Å². The summed E-state index contributed by atoms with van der Waals surface area (Å²) < 4.78 is 0. The molecule has 1 aliphatic rings. The van der Waals surface area contributed by atoms with Gasteiger partial charge < -0.3 is 90.8 Å². The van der Waals surface area contributed by atoms with Gasteiger partial charge in [0.1, 0.15) is 54.4 Å². The first-order chi connectivity index (χ1) is 36.9. The molecule has 31 heteroatoms. The van der Waals surface area contributed by atoms with E-state index in [1.807, 2.05) is 0 Å². The third kappa shape index (κ3) is 26.0. The number of carbonyl (C=O) groups excluding carboxylic acids is 9. The second kappa shape index (κ2) is 34.9. The Morgan fingerprint density at radius 1 is 0.557 bits per heavy atom. The maximum atomic E-state index is 14.0. The Balaban J connectivity index is 3.39. The number of hydrogen-bond acceptors (Lipinski definition) is 16. The molecule has 9 amide bonds. The molecular weight excluding hydrogens is 1040 g/mol. The van der Waals surface area contributed by atoms with Gasteiger partial charge in [0.15, 0.2) is 5.96 Å². The van der Waals surface area contributed by atoms with Gasteiger partial charge >= 0.3 is 23.9 Å². The second-order valence-electron chi connectivity index (χ2n) is 20.0. The first-order valence-electron chi connectivity index (χ1n) is 26.0. The van der Waals surface area contributed by atoms with Crippen LogP contribution in [-0.2, 0) is 62.3 Å². The number of amides is 9. The Bertz CT molecular complexity index is 2190. The maximum absolute atomic E-state index is 14.0. The van der Waals surface area contributed by atoms with Gasteiger partial charge in [-0.15, -0.1) is 0 Å². The SMILES string of the molecule is CC(C)C[C@H](NC(=O)[C@H](C)NC(=O)[C@H](CCCCN)NC(=O)[C@H](CCC(=O)O)NC(=O)[C@@H](NC(=O)[C@@H]1CCCN1C(=O)[C@@H](N)CCC(=O)O)C(C)C)C(=O)N[C@@H](CCCN=C(N)N)C(=O)N[C@@H](CC(=O)O)C(=O)N[C@@H](C)C(=O)O. The fraction of sp³-hybridized carbons (Fsp3) is 0.708. The van der Waals surface area contributed by atoms with Crippen molar-refractivity contribution in [2.24, 2.45) is 39.8 Å². The number of hydrogen-bond donors (Lipinski definition) is 16. The van der Waals surface area contributed by atoms with Gasteiger partial charge in [0.25, 0.3) is 0 Å². The van der Waals surface area contributed by atoms with E-state index < -0.39 is 163 Å². The minimum absolute atomic E-state index is 0.0351. The van der Waals surface area contributed by atoms with Gasteiger partial charge in [0.05, 0.1) is 12.5 Å². The third-order valence-corrected chi connectivity index (χ3v) is 12.3. The predicted molar refractivity (Wildman–Crippen MR) is 280 cm³/mol. The van der Waals surface area contributed by atoms with Gasteiger partial charge in [0, 0.05) is 25.9 Å². The number of nitrogens with one attached hydrogen (secondary N) is 8. The molecule has 0 saturated carbocycles. The van der Waals surface area contributed by atoms with E-state index in [0.717, 1.165) is 6.92 Å². The molecule has 1 heterocycles. The standard InChI is InChI=1S/C48H82N14O17/c1-23(2)21-31(43(74)57-29(12-9-19-53-48(51)52)40(71)60-32(22-36(67)68)42(73)55-26(6)47(78)79)59-38(69)25(5)54-39(70)28(11-7-8-18-49)56-41(72)30(15-17-35(65)66)58-45(76)37(24(3)4)61-44(75)33-13-10-20-62(33)46(77)27(50)14-16-34(63)64/h23-33,37H,7-22,49-50H2,1-6H3,(H,54,70)(H,55,73)(H,56,72)(H,57,74)(H,58,76)(H,59,69)(H,60,71)(H,61,75)(H,63,64)(H,65,66)(H,67,68)(H,78,79)(H4,51,52,53)/t25-,26-,27-,28-,29-,30-,31-,32-,33-,37-/m0/s1. The van der Waals surface area contributed by atoms with E-state index in [2.05, 4.69) is 47.5 Å². The normalized spacial score (nSPS) is 16.4. The molecule has 446 valence electrons. The number of nitrogens with zero attached hydrogens (tertiary/aromatic N) is 2. The van der Waals surface area contributed by atoms with Crippen molar-refractivity contribution >= 4 is 83.0 Å². The summed E-state index contributed by atoms with van der Waals surface area (Å²) >= 11 is 0. The van der Waals surface area contributed by atoms with Crippen LogP contribution in [0.3, 0.4) is 0 Å².